The lowest BCUT2D eigenvalue weighted by molar-refractivity contribution is 0.537. The van der Waals surface area contributed by atoms with Crippen LogP contribution in [0.3, 0.4) is 0 Å². The van der Waals surface area contributed by atoms with Crippen molar-refractivity contribution in [3.05, 3.63) is 24.3 Å². The molecule has 3 nitrogen and oxygen atoms in total. The van der Waals surface area contributed by atoms with Gasteiger partial charge in [0, 0.05) is 16.6 Å². The lowest BCUT2D eigenvalue weighted by atomic mass is 10.3. The van der Waals surface area contributed by atoms with Gasteiger partial charge in [-0.3, -0.25) is 4.21 Å². The molecule has 1 atom stereocenters. The average molecular weight is 198 g/mol. The van der Waals surface area contributed by atoms with Gasteiger partial charge in [-0.05, 0) is 49.2 Å². The van der Waals surface area contributed by atoms with Crippen LogP contribution >= 0.6 is 0 Å². The third-order valence-corrected chi connectivity index (χ3v) is 2.16. The largest absolute Gasteiger partial charge is 0.768 e. The van der Waals surface area contributed by atoms with Crippen molar-refractivity contribution < 1.29 is 8.76 Å². The minimum atomic E-state index is -2.13. The molecule has 1 unspecified atom stereocenters. The Morgan fingerprint density at radius 3 is 2.23 bits per heavy atom. The molecule has 1 aromatic carbocycles. The molecule has 0 saturated carbocycles. The predicted octanol–water partition coefficient (Wildman–Crippen LogP) is 1.74. The fourth-order valence-electron chi connectivity index (χ4n) is 0.996. The molecule has 0 aliphatic carbocycles. The molecule has 13 heavy (non-hydrogen) atoms. The van der Waals surface area contributed by atoms with Crippen molar-refractivity contribution >= 4 is 16.8 Å². The molecule has 0 aromatic heterocycles. The van der Waals surface area contributed by atoms with E-state index in [4.69, 9.17) is 0 Å². The molecule has 0 amide bonds. The van der Waals surface area contributed by atoms with E-state index < -0.39 is 11.1 Å². The molecular formula is C9H12NO2S-. The van der Waals surface area contributed by atoms with Crippen LogP contribution in [0, 0.1) is 0 Å². The number of hydrogen-bond acceptors (Lipinski definition) is 3. The lowest BCUT2D eigenvalue weighted by Crippen LogP contribution is -2.09. The molecule has 0 fully saturated rings. The molecular weight excluding hydrogens is 186 g/mol. The van der Waals surface area contributed by atoms with Crippen LogP contribution in [0.25, 0.3) is 0 Å². The van der Waals surface area contributed by atoms with Crippen molar-refractivity contribution in [2.24, 2.45) is 0 Å². The zero-order valence-corrected chi connectivity index (χ0v) is 8.43. The second-order valence-corrected chi connectivity index (χ2v) is 4.00. The SMILES string of the molecule is CC(C)Nc1ccc(S(=O)[O-])cc1. The summed E-state index contributed by atoms with van der Waals surface area (Å²) >= 11 is -2.13. The van der Waals surface area contributed by atoms with Gasteiger partial charge >= 0.3 is 0 Å². The average Bonchev–Trinajstić information content (AvgIpc) is 2.04. The molecule has 4 heteroatoms. The van der Waals surface area contributed by atoms with E-state index >= 15 is 0 Å². The molecule has 0 spiro atoms. The first-order valence-electron chi connectivity index (χ1n) is 4.05. The standard InChI is InChI=1S/C9H13NO2S/c1-7(2)10-8-3-5-9(6-4-8)13(11)12/h3-7,10H,1-2H3,(H,11,12)/p-1. The summed E-state index contributed by atoms with van der Waals surface area (Å²) in [4.78, 5) is 0.314. The summed E-state index contributed by atoms with van der Waals surface area (Å²) in [5.74, 6) is 0. The van der Waals surface area contributed by atoms with Crippen molar-refractivity contribution in [1.29, 1.82) is 0 Å². The van der Waals surface area contributed by atoms with Gasteiger partial charge in [-0.15, -0.1) is 0 Å². The second-order valence-electron chi connectivity index (χ2n) is 3.06. The first kappa shape index (κ1) is 10.2. The van der Waals surface area contributed by atoms with Crippen LogP contribution in [0.4, 0.5) is 5.69 Å². The van der Waals surface area contributed by atoms with Crippen LogP contribution in [0.15, 0.2) is 29.2 Å². The summed E-state index contributed by atoms with van der Waals surface area (Å²) in [6.07, 6.45) is 0. The maximum absolute atomic E-state index is 10.5. The molecule has 0 aliphatic rings. The van der Waals surface area contributed by atoms with Gasteiger partial charge in [0.1, 0.15) is 0 Å². The van der Waals surface area contributed by atoms with E-state index in [1.165, 1.54) is 0 Å². The van der Waals surface area contributed by atoms with E-state index in [0.717, 1.165) is 5.69 Å². The second kappa shape index (κ2) is 4.39. The minimum Gasteiger partial charge on any atom is -0.768 e. The Labute approximate surface area is 80.5 Å². The van der Waals surface area contributed by atoms with Crippen molar-refractivity contribution in [3.63, 3.8) is 0 Å². The van der Waals surface area contributed by atoms with Crippen LogP contribution < -0.4 is 5.32 Å². The zero-order chi connectivity index (χ0) is 9.84. The topological polar surface area (TPSA) is 52.2 Å². The first-order chi connectivity index (χ1) is 6.09. The summed E-state index contributed by atoms with van der Waals surface area (Å²) in [5, 5.41) is 3.17. The molecule has 0 saturated heterocycles. The highest BCUT2D eigenvalue weighted by molar-refractivity contribution is 7.79. The minimum absolute atomic E-state index is 0.314. The van der Waals surface area contributed by atoms with E-state index in [9.17, 15) is 8.76 Å². The van der Waals surface area contributed by atoms with E-state index in [0.29, 0.717) is 10.9 Å². The van der Waals surface area contributed by atoms with Gasteiger partial charge in [-0.25, -0.2) is 0 Å². The van der Waals surface area contributed by atoms with Gasteiger partial charge in [0.15, 0.2) is 0 Å². The molecule has 72 valence electrons. The smallest absolute Gasteiger partial charge is 0.0342 e. The summed E-state index contributed by atoms with van der Waals surface area (Å²) < 4.78 is 21.0. The van der Waals surface area contributed by atoms with Crippen molar-refractivity contribution in [2.75, 3.05) is 5.32 Å². The van der Waals surface area contributed by atoms with E-state index in [1.54, 1.807) is 24.3 Å². The Morgan fingerprint density at radius 2 is 1.85 bits per heavy atom. The van der Waals surface area contributed by atoms with Crippen LogP contribution in [0.2, 0.25) is 0 Å². The van der Waals surface area contributed by atoms with Gasteiger partial charge in [0.2, 0.25) is 0 Å². The summed E-state index contributed by atoms with van der Waals surface area (Å²) in [7, 11) is 0. The number of nitrogens with one attached hydrogen (secondary N) is 1. The van der Waals surface area contributed by atoms with Gasteiger partial charge in [-0.1, -0.05) is 0 Å². The number of hydrogen-bond donors (Lipinski definition) is 1. The number of anilines is 1. The molecule has 1 N–H and O–H groups in total. The highest BCUT2D eigenvalue weighted by Gasteiger charge is 1.95. The maximum Gasteiger partial charge on any atom is 0.0342 e. The van der Waals surface area contributed by atoms with Crippen LogP contribution in [-0.2, 0) is 11.1 Å². The molecule has 0 aliphatic heterocycles. The first-order valence-corrected chi connectivity index (χ1v) is 5.13. The number of benzene rings is 1. The van der Waals surface area contributed by atoms with E-state index in [2.05, 4.69) is 5.32 Å². The maximum atomic E-state index is 10.5. The Hall–Kier alpha value is -0.870. The van der Waals surface area contributed by atoms with E-state index in [1.807, 2.05) is 13.8 Å². The number of rotatable bonds is 3. The highest BCUT2D eigenvalue weighted by atomic mass is 32.2. The molecule has 0 bridgehead atoms. The third-order valence-electron chi connectivity index (χ3n) is 1.50. The van der Waals surface area contributed by atoms with Crippen molar-refractivity contribution in [2.45, 2.75) is 24.8 Å². The van der Waals surface area contributed by atoms with Gasteiger partial charge < -0.3 is 9.87 Å². The van der Waals surface area contributed by atoms with Gasteiger partial charge in [0.05, 0.1) is 0 Å². The Bertz CT molecular complexity index is 295. The van der Waals surface area contributed by atoms with Crippen LogP contribution in [0.1, 0.15) is 13.8 Å². The lowest BCUT2D eigenvalue weighted by Gasteiger charge is -2.11. The molecule has 1 aromatic rings. The van der Waals surface area contributed by atoms with Crippen molar-refractivity contribution in [1.82, 2.24) is 0 Å². The Balaban J connectivity index is 2.75. The Morgan fingerprint density at radius 1 is 1.31 bits per heavy atom. The summed E-state index contributed by atoms with van der Waals surface area (Å²) in [6.45, 7) is 4.05. The quantitative estimate of drug-likeness (QED) is 0.753. The van der Waals surface area contributed by atoms with E-state index in [-0.39, 0.29) is 0 Å². The highest BCUT2D eigenvalue weighted by Crippen LogP contribution is 2.12. The predicted molar refractivity (Wildman–Crippen MR) is 52.4 cm³/mol. The van der Waals surface area contributed by atoms with Crippen molar-refractivity contribution in [3.8, 4) is 0 Å². The Kier molecular flexibility index (Phi) is 3.45. The fraction of sp³-hybridized carbons (Fsp3) is 0.333. The van der Waals surface area contributed by atoms with Crippen LogP contribution in [-0.4, -0.2) is 14.8 Å². The summed E-state index contributed by atoms with van der Waals surface area (Å²) in [5.41, 5.74) is 0.934. The van der Waals surface area contributed by atoms with Gasteiger partial charge in [0.25, 0.3) is 0 Å². The monoisotopic (exact) mass is 198 g/mol. The fourth-order valence-corrected chi connectivity index (χ4v) is 1.35. The van der Waals surface area contributed by atoms with Gasteiger partial charge in [-0.2, -0.15) is 0 Å². The third kappa shape index (κ3) is 3.16. The molecule has 0 heterocycles. The van der Waals surface area contributed by atoms with Crippen LogP contribution in [0.5, 0.6) is 0 Å². The normalized spacial score (nSPS) is 12.9. The molecule has 1 rings (SSSR count). The zero-order valence-electron chi connectivity index (χ0n) is 7.61. The molecule has 0 radical (unpaired) electrons. The summed E-state index contributed by atoms with van der Waals surface area (Å²) in [6, 6.07) is 7.02.